The molecule has 0 aliphatic heterocycles. The lowest BCUT2D eigenvalue weighted by Crippen LogP contribution is -2.26. The summed E-state index contributed by atoms with van der Waals surface area (Å²) < 4.78 is 53.1. The number of halogens is 3. The molecule has 3 aromatic carbocycles. The average Bonchev–Trinajstić information content (AvgIpc) is 3.58. The Kier molecular flexibility index (Phi) is 7.84. The van der Waals surface area contributed by atoms with Crippen LogP contribution in [0.25, 0.3) is 0 Å². The highest BCUT2D eigenvalue weighted by Crippen LogP contribution is 2.67. The second-order valence-corrected chi connectivity index (χ2v) is 9.30. The van der Waals surface area contributed by atoms with Crippen molar-refractivity contribution in [2.75, 3.05) is 13.2 Å². The number of non-ortho nitro benzene ring substituents is 2. The van der Waals surface area contributed by atoms with Gasteiger partial charge in [-0.2, -0.15) is 13.2 Å². The molecular weight excluding hydrogens is 537 g/mol. The lowest BCUT2D eigenvalue weighted by Gasteiger charge is -2.20. The first kappa shape index (κ1) is 28.2. The van der Waals surface area contributed by atoms with E-state index < -0.39 is 58.4 Å². The van der Waals surface area contributed by atoms with E-state index in [0.29, 0.717) is 5.56 Å². The van der Waals surface area contributed by atoms with Crippen molar-refractivity contribution in [1.29, 1.82) is 0 Å². The molecule has 4 rings (SSSR count). The van der Waals surface area contributed by atoms with E-state index in [9.17, 15) is 43.0 Å². The molecule has 208 valence electrons. The van der Waals surface area contributed by atoms with Crippen molar-refractivity contribution in [3.05, 3.63) is 116 Å². The van der Waals surface area contributed by atoms with Gasteiger partial charge < -0.3 is 9.47 Å². The standard InChI is InChI=1S/C27H21F3N2O8/c28-27(29,30)23-22(15-39-24(33)18-6-10-20(11-7-18)31(35)36)26(23,14-17-4-2-1-3-5-17)16-40-25(34)19-8-12-21(13-9-19)32(37)38/h1-13,22-23H,14-16H2/t22-,23-,26-/m1/s1. The van der Waals surface area contributed by atoms with E-state index in [1.807, 2.05) is 0 Å². The number of esters is 2. The zero-order valence-electron chi connectivity index (χ0n) is 20.6. The molecule has 0 amide bonds. The van der Waals surface area contributed by atoms with Gasteiger partial charge in [-0.15, -0.1) is 0 Å². The molecule has 0 N–H and O–H groups in total. The summed E-state index contributed by atoms with van der Waals surface area (Å²) in [7, 11) is 0. The van der Waals surface area contributed by atoms with E-state index in [2.05, 4.69) is 0 Å². The van der Waals surface area contributed by atoms with Crippen molar-refractivity contribution in [2.45, 2.75) is 12.6 Å². The minimum Gasteiger partial charge on any atom is -0.462 e. The molecule has 1 aliphatic carbocycles. The summed E-state index contributed by atoms with van der Waals surface area (Å²) in [6.45, 7) is -1.29. The van der Waals surface area contributed by atoms with Crippen LogP contribution >= 0.6 is 0 Å². The number of ether oxygens (including phenoxy) is 2. The normalized spacial score (nSPS) is 19.9. The number of nitro groups is 2. The Morgan fingerprint density at radius 2 is 1.25 bits per heavy atom. The fraction of sp³-hybridized carbons (Fsp3) is 0.259. The van der Waals surface area contributed by atoms with Crippen LogP contribution in [-0.4, -0.2) is 41.2 Å². The van der Waals surface area contributed by atoms with Gasteiger partial charge in [0.1, 0.15) is 0 Å². The molecule has 0 radical (unpaired) electrons. The van der Waals surface area contributed by atoms with Crippen LogP contribution < -0.4 is 0 Å². The van der Waals surface area contributed by atoms with Gasteiger partial charge in [-0.25, -0.2) is 9.59 Å². The monoisotopic (exact) mass is 558 g/mol. The molecule has 0 heterocycles. The summed E-state index contributed by atoms with van der Waals surface area (Å²) in [6.07, 6.45) is -4.84. The zero-order chi connectivity index (χ0) is 29.1. The molecule has 10 nitrogen and oxygen atoms in total. The Balaban J connectivity index is 1.54. The lowest BCUT2D eigenvalue weighted by molar-refractivity contribution is -0.385. The molecule has 1 aliphatic rings. The summed E-state index contributed by atoms with van der Waals surface area (Å²) in [5.41, 5.74) is -1.80. The van der Waals surface area contributed by atoms with E-state index in [0.717, 1.165) is 48.5 Å². The number of benzene rings is 3. The van der Waals surface area contributed by atoms with Crippen LogP contribution in [0.5, 0.6) is 0 Å². The topological polar surface area (TPSA) is 139 Å². The summed E-state index contributed by atoms with van der Waals surface area (Å²) in [5, 5.41) is 21.7. The van der Waals surface area contributed by atoms with Gasteiger partial charge in [-0.3, -0.25) is 20.2 Å². The number of carbonyl (C=O) groups excluding carboxylic acids is 2. The van der Waals surface area contributed by atoms with E-state index in [1.54, 1.807) is 30.3 Å². The van der Waals surface area contributed by atoms with Crippen molar-refractivity contribution in [3.63, 3.8) is 0 Å². The maximum Gasteiger partial charge on any atom is 0.392 e. The quantitative estimate of drug-likeness (QED) is 0.179. The number of nitro benzene ring substituents is 2. The summed E-state index contributed by atoms with van der Waals surface area (Å²) in [5.74, 6) is -5.13. The minimum absolute atomic E-state index is 0.0759. The number of hydrogen-bond donors (Lipinski definition) is 0. The average molecular weight is 558 g/mol. The van der Waals surface area contributed by atoms with Gasteiger partial charge in [0.15, 0.2) is 0 Å². The maximum atomic E-state index is 14.2. The van der Waals surface area contributed by atoms with Crippen molar-refractivity contribution < 1.29 is 42.1 Å². The fourth-order valence-corrected chi connectivity index (χ4v) is 4.83. The van der Waals surface area contributed by atoms with Gasteiger partial charge in [0.05, 0.1) is 40.1 Å². The maximum absolute atomic E-state index is 14.2. The number of nitrogens with zero attached hydrogens (tertiary/aromatic N) is 2. The second kappa shape index (κ2) is 11.1. The van der Waals surface area contributed by atoms with E-state index in [-0.39, 0.29) is 28.9 Å². The first-order chi connectivity index (χ1) is 18.9. The molecule has 0 aromatic heterocycles. The summed E-state index contributed by atoms with van der Waals surface area (Å²) in [4.78, 5) is 45.5. The van der Waals surface area contributed by atoms with E-state index in [1.165, 1.54) is 0 Å². The van der Waals surface area contributed by atoms with Crippen molar-refractivity contribution in [1.82, 2.24) is 0 Å². The van der Waals surface area contributed by atoms with Crippen molar-refractivity contribution >= 4 is 23.3 Å². The molecule has 3 aromatic rings. The Bertz CT molecular complexity index is 1410. The van der Waals surface area contributed by atoms with Crippen LogP contribution in [0.4, 0.5) is 24.5 Å². The van der Waals surface area contributed by atoms with Crippen LogP contribution in [0.3, 0.4) is 0 Å². The highest BCUT2D eigenvalue weighted by Gasteiger charge is 2.75. The summed E-state index contributed by atoms with van der Waals surface area (Å²) in [6, 6.07) is 17.1. The van der Waals surface area contributed by atoms with Gasteiger partial charge in [-0.05, 0) is 36.2 Å². The molecule has 0 saturated heterocycles. The third kappa shape index (κ3) is 6.08. The highest BCUT2D eigenvalue weighted by atomic mass is 19.4. The minimum atomic E-state index is -4.71. The predicted molar refractivity (Wildman–Crippen MR) is 132 cm³/mol. The fourth-order valence-electron chi connectivity index (χ4n) is 4.83. The third-order valence-corrected chi connectivity index (χ3v) is 6.87. The zero-order valence-corrected chi connectivity index (χ0v) is 20.6. The van der Waals surface area contributed by atoms with Gasteiger partial charge in [0, 0.05) is 35.6 Å². The van der Waals surface area contributed by atoms with Gasteiger partial charge >= 0.3 is 18.1 Å². The Morgan fingerprint density at radius 1 is 0.775 bits per heavy atom. The second-order valence-electron chi connectivity index (χ2n) is 9.30. The van der Waals surface area contributed by atoms with Gasteiger partial charge in [0.2, 0.25) is 0 Å². The van der Waals surface area contributed by atoms with Gasteiger partial charge in [-0.1, -0.05) is 30.3 Å². The van der Waals surface area contributed by atoms with Crippen molar-refractivity contribution in [2.24, 2.45) is 17.3 Å². The SMILES string of the molecule is O=C(OC[C@@H]1[C@@H](C(F)(F)F)[C@@]1(COC(=O)c1ccc([N+](=O)[O-])cc1)Cc1ccccc1)c1ccc([N+](=O)[O-])cc1. The molecule has 0 bridgehead atoms. The third-order valence-electron chi connectivity index (χ3n) is 6.87. The first-order valence-electron chi connectivity index (χ1n) is 11.9. The van der Waals surface area contributed by atoms with Gasteiger partial charge in [0.25, 0.3) is 11.4 Å². The molecule has 1 saturated carbocycles. The molecular formula is C27H21F3N2O8. The molecule has 40 heavy (non-hydrogen) atoms. The Morgan fingerprint density at radius 3 is 1.70 bits per heavy atom. The largest absolute Gasteiger partial charge is 0.462 e. The molecule has 0 spiro atoms. The van der Waals surface area contributed by atoms with Crippen LogP contribution in [0.2, 0.25) is 0 Å². The van der Waals surface area contributed by atoms with Crippen LogP contribution in [0.1, 0.15) is 26.3 Å². The Labute approximate surface area is 224 Å². The molecule has 0 unspecified atom stereocenters. The summed E-state index contributed by atoms with van der Waals surface area (Å²) >= 11 is 0. The number of hydrogen-bond acceptors (Lipinski definition) is 8. The molecule has 3 atom stereocenters. The number of rotatable bonds is 10. The van der Waals surface area contributed by atoms with Crippen molar-refractivity contribution in [3.8, 4) is 0 Å². The molecule has 13 heteroatoms. The Hall–Kier alpha value is -4.81. The number of carbonyl (C=O) groups is 2. The van der Waals surface area contributed by atoms with Crippen LogP contribution in [0, 0.1) is 37.5 Å². The smallest absolute Gasteiger partial charge is 0.392 e. The highest BCUT2D eigenvalue weighted by molar-refractivity contribution is 5.90. The van der Waals surface area contributed by atoms with E-state index in [4.69, 9.17) is 9.47 Å². The van der Waals surface area contributed by atoms with Crippen LogP contribution in [0.15, 0.2) is 78.9 Å². The molecule has 1 fully saturated rings. The first-order valence-corrected chi connectivity index (χ1v) is 11.9. The number of alkyl halides is 3. The predicted octanol–water partition coefficient (Wildman–Crippen LogP) is 5.55. The van der Waals surface area contributed by atoms with E-state index >= 15 is 0 Å². The van der Waals surface area contributed by atoms with Crippen LogP contribution in [-0.2, 0) is 15.9 Å². The lowest BCUT2D eigenvalue weighted by atomic mass is 9.93.